The minimum Gasteiger partial charge on any atom is -0.508 e. The van der Waals surface area contributed by atoms with Crippen molar-refractivity contribution in [3.8, 4) is 17.3 Å². The number of rotatable bonds is 3. The van der Waals surface area contributed by atoms with Crippen LogP contribution in [0.4, 0.5) is 18.9 Å². The minimum atomic E-state index is -4.60. The zero-order valence-corrected chi connectivity index (χ0v) is 15.8. The van der Waals surface area contributed by atoms with Gasteiger partial charge in [0.15, 0.2) is 0 Å². The molecule has 4 aromatic rings. The van der Waals surface area contributed by atoms with Crippen LogP contribution in [0.25, 0.3) is 16.5 Å². The Bertz CT molecular complexity index is 1360. The van der Waals surface area contributed by atoms with Gasteiger partial charge in [-0.3, -0.25) is 9.79 Å². The topological polar surface area (TPSA) is 74.8 Å². The summed E-state index contributed by atoms with van der Waals surface area (Å²) in [6, 6.07) is 16.6. The Kier molecular flexibility index (Phi) is 4.98. The van der Waals surface area contributed by atoms with E-state index in [0.717, 1.165) is 16.7 Å². The Labute approximate surface area is 174 Å². The molecule has 0 spiro atoms. The van der Waals surface area contributed by atoms with Gasteiger partial charge < -0.3 is 10.2 Å². The maximum Gasteiger partial charge on any atom is 0.416 e. The number of hydrogen-bond donors (Lipinski definition) is 2. The summed E-state index contributed by atoms with van der Waals surface area (Å²) in [5, 5.41) is 20.9. The zero-order valence-electron chi connectivity index (χ0n) is 15.8. The van der Waals surface area contributed by atoms with E-state index in [-0.39, 0.29) is 22.4 Å². The van der Waals surface area contributed by atoms with Crippen molar-refractivity contribution in [2.75, 3.05) is 0 Å². The summed E-state index contributed by atoms with van der Waals surface area (Å²) in [5.74, 6) is -0.476. The lowest BCUT2D eigenvalue weighted by molar-refractivity contribution is -0.137. The van der Waals surface area contributed by atoms with Crippen molar-refractivity contribution in [3.63, 3.8) is 0 Å². The monoisotopic (exact) mass is 424 g/mol. The molecule has 3 aromatic carbocycles. The molecule has 156 valence electrons. The van der Waals surface area contributed by atoms with Gasteiger partial charge in [0.25, 0.3) is 5.56 Å². The number of aliphatic imine (C=N–C) groups is 1. The van der Waals surface area contributed by atoms with E-state index in [1.54, 1.807) is 30.3 Å². The zero-order chi connectivity index (χ0) is 22.2. The third-order valence-corrected chi connectivity index (χ3v) is 4.73. The Morgan fingerprint density at radius 3 is 2.23 bits per heavy atom. The van der Waals surface area contributed by atoms with E-state index < -0.39 is 23.2 Å². The van der Waals surface area contributed by atoms with Crippen LogP contribution in [-0.4, -0.2) is 21.0 Å². The lowest BCUT2D eigenvalue weighted by atomic mass is 10.1. The largest absolute Gasteiger partial charge is 0.508 e. The maximum absolute atomic E-state index is 13.2. The van der Waals surface area contributed by atoms with Crippen molar-refractivity contribution in [1.82, 2.24) is 4.57 Å². The number of halogens is 3. The van der Waals surface area contributed by atoms with Gasteiger partial charge in [-0.15, -0.1) is 0 Å². The summed E-state index contributed by atoms with van der Waals surface area (Å²) < 4.78 is 40.3. The van der Waals surface area contributed by atoms with Crippen LogP contribution < -0.4 is 5.56 Å². The quantitative estimate of drug-likeness (QED) is 0.446. The van der Waals surface area contributed by atoms with Gasteiger partial charge in [0.2, 0.25) is 5.88 Å². The first kappa shape index (κ1) is 20.2. The average molecular weight is 424 g/mol. The summed E-state index contributed by atoms with van der Waals surface area (Å²) in [6.07, 6.45) is -3.27. The van der Waals surface area contributed by atoms with Crippen molar-refractivity contribution in [2.45, 2.75) is 6.18 Å². The lowest BCUT2D eigenvalue weighted by Crippen LogP contribution is -2.20. The number of nitrogens with zero attached hydrogens (tertiary/aromatic N) is 2. The number of benzene rings is 3. The molecule has 31 heavy (non-hydrogen) atoms. The van der Waals surface area contributed by atoms with Crippen LogP contribution in [0.2, 0.25) is 0 Å². The molecule has 0 saturated heterocycles. The van der Waals surface area contributed by atoms with E-state index in [9.17, 15) is 28.2 Å². The molecule has 2 N–H and O–H groups in total. The summed E-state index contributed by atoms with van der Waals surface area (Å²) >= 11 is 0. The molecule has 5 nitrogen and oxygen atoms in total. The number of phenols is 1. The SMILES string of the molecule is O=c1c2ccccc2c(C=Nc2ccc(O)cc2)c(O)n1-c1cccc(C(F)(F)F)c1. The number of hydrogen-bond acceptors (Lipinski definition) is 4. The first-order valence-corrected chi connectivity index (χ1v) is 9.13. The fourth-order valence-corrected chi connectivity index (χ4v) is 3.23. The molecule has 0 unspecified atom stereocenters. The number of phenolic OH excluding ortho intramolecular Hbond substituents is 1. The minimum absolute atomic E-state index is 0.0605. The smallest absolute Gasteiger partial charge is 0.416 e. The van der Waals surface area contributed by atoms with Gasteiger partial charge in [0.1, 0.15) is 5.75 Å². The van der Waals surface area contributed by atoms with Crippen LogP contribution in [-0.2, 0) is 6.18 Å². The Hall–Kier alpha value is -4.07. The third kappa shape index (κ3) is 3.87. The number of aromatic nitrogens is 1. The van der Waals surface area contributed by atoms with E-state index in [1.807, 2.05) is 0 Å². The second-order valence-electron chi connectivity index (χ2n) is 6.75. The summed E-state index contributed by atoms with van der Waals surface area (Å²) in [7, 11) is 0. The van der Waals surface area contributed by atoms with Crippen LogP contribution in [0.3, 0.4) is 0 Å². The fourth-order valence-electron chi connectivity index (χ4n) is 3.23. The van der Waals surface area contributed by atoms with Gasteiger partial charge in [-0.25, -0.2) is 4.57 Å². The van der Waals surface area contributed by atoms with Crippen LogP contribution >= 0.6 is 0 Å². The van der Waals surface area contributed by atoms with E-state index in [2.05, 4.69) is 4.99 Å². The van der Waals surface area contributed by atoms with Crippen molar-refractivity contribution in [1.29, 1.82) is 0 Å². The highest BCUT2D eigenvalue weighted by atomic mass is 19.4. The highest BCUT2D eigenvalue weighted by Crippen LogP contribution is 2.32. The molecule has 0 aliphatic heterocycles. The van der Waals surface area contributed by atoms with Gasteiger partial charge in [0, 0.05) is 17.0 Å². The van der Waals surface area contributed by atoms with Crippen LogP contribution in [0, 0.1) is 0 Å². The number of fused-ring (bicyclic) bond motifs is 1. The second-order valence-corrected chi connectivity index (χ2v) is 6.75. The van der Waals surface area contributed by atoms with Crippen LogP contribution in [0.15, 0.2) is 82.6 Å². The molecule has 0 aliphatic carbocycles. The van der Waals surface area contributed by atoms with Crippen LogP contribution in [0.5, 0.6) is 11.6 Å². The Balaban J connectivity index is 1.96. The van der Waals surface area contributed by atoms with E-state index in [4.69, 9.17) is 0 Å². The standard InChI is InChI=1S/C23H15F3N2O3/c24-23(25,26)14-4-3-5-16(12-14)28-21(30)19-7-2-1-6-18(19)20(22(28)31)13-27-15-8-10-17(29)11-9-15/h1-13,29,31H. The highest BCUT2D eigenvalue weighted by molar-refractivity contribution is 6.02. The first-order chi connectivity index (χ1) is 14.8. The Morgan fingerprint density at radius 2 is 1.55 bits per heavy atom. The molecule has 0 aliphatic rings. The molecule has 4 rings (SSSR count). The van der Waals surface area contributed by atoms with Gasteiger partial charge in [0.05, 0.1) is 22.5 Å². The fraction of sp³-hybridized carbons (Fsp3) is 0.0435. The van der Waals surface area contributed by atoms with Crippen molar-refractivity contribution in [2.24, 2.45) is 4.99 Å². The predicted molar refractivity (Wildman–Crippen MR) is 112 cm³/mol. The molecule has 0 atom stereocenters. The van der Waals surface area contributed by atoms with Crippen molar-refractivity contribution < 1.29 is 23.4 Å². The van der Waals surface area contributed by atoms with Crippen LogP contribution in [0.1, 0.15) is 11.1 Å². The molecule has 1 heterocycles. The number of alkyl halides is 3. The van der Waals surface area contributed by atoms with Crippen molar-refractivity contribution in [3.05, 3.63) is 94.3 Å². The molecule has 1 aromatic heterocycles. The van der Waals surface area contributed by atoms with E-state index >= 15 is 0 Å². The van der Waals surface area contributed by atoms with Gasteiger partial charge in [-0.1, -0.05) is 24.3 Å². The molecular weight excluding hydrogens is 409 g/mol. The van der Waals surface area contributed by atoms with E-state index in [0.29, 0.717) is 11.1 Å². The molecule has 0 fully saturated rings. The third-order valence-electron chi connectivity index (χ3n) is 4.73. The van der Waals surface area contributed by atoms with Crippen molar-refractivity contribution >= 4 is 22.7 Å². The molecule has 0 saturated carbocycles. The Morgan fingerprint density at radius 1 is 0.871 bits per heavy atom. The number of pyridine rings is 1. The second kappa shape index (κ2) is 7.64. The van der Waals surface area contributed by atoms with E-state index in [1.165, 1.54) is 36.5 Å². The average Bonchev–Trinajstić information content (AvgIpc) is 2.75. The molecule has 8 heteroatoms. The predicted octanol–water partition coefficient (Wildman–Crippen LogP) is 5.17. The molecule has 0 bridgehead atoms. The normalized spacial score (nSPS) is 12.0. The molecular formula is C23H15F3N2O3. The summed E-state index contributed by atoms with van der Waals surface area (Å²) in [5.41, 5.74) is -1.08. The summed E-state index contributed by atoms with van der Waals surface area (Å²) in [6.45, 7) is 0. The number of aromatic hydroxyl groups is 2. The molecule has 0 amide bonds. The first-order valence-electron chi connectivity index (χ1n) is 9.13. The van der Waals surface area contributed by atoms with Gasteiger partial charge >= 0.3 is 6.18 Å². The van der Waals surface area contributed by atoms with Gasteiger partial charge in [-0.05, 0) is 48.5 Å². The molecule has 0 radical (unpaired) electrons. The lowest BCUT2D eigenvalue weighted by Gasteiger charge is -2.15. The highest BCUT2D eigenvalue weighted by Gasteiger charge is 2.31. The van der Waals surface area contributed by atoms with Gasteiger partial charge in [-0.2, -0.15) is 13.2 Å². The summed E-state index contributed by atoms with van der Waals surface area (Å²) in [4.78, 5) is 17.3. The maximum atomic E-state index is 13.2.